The number of aliphatic hydroxyl groups excluding tert-OH is 1. The van der Waals surface area contributed by atoms with Crippen LogP contribution in [0.15, 0.2) is 47.8 Å². The maximum absolute atomic E-state index is 9.14. The molecule has 0 radical (unpaired) electrons. The molecule has 0 aliphatic rings. The summed E-state index contributed by atoms with van der Waals surface area (Å²) in [5.41, 5.74) is 2.27. The Morgan fingerprint density at radius 3 is 2.56 bits per heavy atom. The Morgan fingerprint density at radius 2 is 1.81 bits per heavy atom. The number of benzene rings is 2. The van der Waals surface area contributed by atoms with Crippen LogP contribution in [0.4, 0.5) is 5.82 Å². The highest BCUT2D eigenvalue weighted by Gasteiger charge is 2.12. The molecular weight excluding hydrogens is 403 g/mol. The zero-order valence-corrected chi connectivity index (χ0v) is 16.3. The second kappa shape index (κ2) is 7.78. The van der Waals surface area contributed by atoms with Gasteiger partial charge in [0.15, 0.2) is 5.82 Å². The minimum Gasteiger partial charge on any atom is -0.390 e. The van der Waals surface area contributed by atoms with Crippen molar-refractivity contribution >= 4 is 51.1 Å². The molecular formula is C19H14Cl2N4OS. The van der Waals surface area contributed by atoms with Crippen molar-refractivity contribution in [2.45, 2.75) is 13.2 Å². The molecule has 2 heterocycles. The summed E-state index contributed by atoms with van der Waals surface area (Å²) in [7, 11) is 0. The van der Waals surface area contributed by atoms with E-state index in [9.17, 15) is 0 Å². The number of rotatable bonds is 5. The molecule has 0 amide bonds. The second-order valence-corrected chi connectivity index (χ2v) is 7.57. The van der Waals surface area contributed by atoms with E-state index < -0.39 is 0 Å². The van der Waals surface area contributed by atoms with Crippen LogP contribution >= 0.6 is 34.5 Å². The average molecular weight is 417 g/mol. The van der Waals surface area contributed by atoms with Crippen molar-refractivity contribution in [1.82, 2.24) is 15.2 Å². The highest BCUT2D eigenvalue weighted by Crippen LogP contribution is 2.33. The van der Waals surface area contributed by atoms with Gasteiger partial charge < -0.3 is 10.4 Å². The number of aromatic nitrogens is 3. The second-order valence-electron chi connectivity index (χ2n) is 5.82. The van der Waals surface area contributed by atoms with E-state index in [1.54, 1.807) is 12.1 Å². The van der Waals surface area contributed by atoms with Gasteiger partial charge in [0.05, 0.1) is 28.9 Å². The molecule has 0 spiro atoms. The van der Waals surface area contributed by atoms with Gasteiger partial charge in [0, 0.05) is 21.7 Å². The fourth-order valence-corrected chi connectivity index (χ4v) is 3.78. The van der Waals surface area contributed by atoms with E-state index in [0.29, 0.717) is 28.1 Å². The van der Waals surface area contributed by atoms with E-state index in [2.05, 4.69) is 20.5 Å². The van der Waals surface area contributed by atoms with Gasteiger partial charge in [-0.25, -0.2) is 4.98 Å². The van der Waals surface area contributed by atoms with Crippen molar-refractivity contribution in [3.05, 3.63) is 68.6 Å². The van der Waals surface area contributed by atoms with Crippen LogP contribution in [0.25, 0.3) is 22.0 Å². The van der Waals surface area contributed by atoms with Crippen LogP contribution in [-0.4, -0.2) is 20.3 Å². The standard InChI is InChI=1S/C19H14Cl2N4OS/c20-15-6-5-11(7-16(15)21)18-13-3-1-2-4-14(13)19(25-24-18)22-8-17-23-12(9-26)10-27-17/h1-7,10,26H,8-9H2,(H,22,25). The van der Waals surface area contributed by atoms with Crippen LogP contribution in [0.3, 0.4) is 0 Å². The summed E-state index contributed by atoms with van der Waals surface area (Å²) in [6, 6.07) is 13.3. The summed E-state index contributed by atoms with van der Waals surface area (Å²) in [5, 5.41) is 26.8. The van der Waals surface area contributed by atoms with Gasteiger partial charge in [-0.05, 0) is 12.1 Å². The topological polar surface area (TPSA) is 70.9 Å². The first-order valence-electron chi connectivity index (χ1n) is 8.14. The number of hydrogen-bond acceptors (Lipinski definition) is 6. The summed E-state index contributed by atoms with van der Waals surface area (Å²) in [4.78, 5) is 4.34. The van der Waals surface area contributed by atoms with Gasteiger partial charge in [0.1, 0.15) is 10.7 Å². The third kappa shape index (κ3) is 3.75. The number of halogens is 2. The van der Waals surface area contributed by atoms with E-state index in [0.717, 1.165) is 27.0 Å². The first-order valence-corrected chi connectivity index (χ1v) is 9.78. The molecule has 2 aromatic carbocycles. The van der Waals surface area contributed by atoms with Gasteiger partial charge in [-0.15, -0.1) is 21.5 Å². The Labute approximate surface area is 169 Å². The molecule has 0 saturated carbocycles. The number of fused-ring (bicyclic) bond motifs is 1. The molecule has 0 bridgehead atoms. The minimum absolute atomic E-state index is 0.0580. The van der Waals surface area contributed by atoms with Crippen molar-refractivity contribution in [3.63, 3.8) is 0 Å². The van der Waals surface area contributed by atoms with Crippen molar-refractivity contribution in [3.8, 4) is 11.3 Å². The maximum atomic E-state index is 9.14. The SMILES string of the molecule is OCc1csc(CNc2nnc(-c3ccc(Cl)c(Cl)c3)c3ccccc23)n1. The summed E-state index contributed by atoms with van der Waals surface area (Å²) >= 11 is 13.7. The van der Waals surface area contributed by atoms with E-state index >= 15 is 0 Å². The molecule has 0 aliphatic carbocycles. The molecule has 0 atom stereocenters. The van der Waals surface area contributed by atoms with Gasteiger partial charge in [0.25, 0.3) is 0 Å². The van der Waals surface area contributed by atoms with Crippen LogP contribution in [0, 0.1) is 0 Å². The third-order valence-electron chi connectivity index (χ3n) is 4.05. The lowest BCUT2D eigenvalue weighted by Gasteiger charge is -2.11. The highest BCUT2D eigenvalue weighted by molar-refractivity contribution is 7.09. The lowest BCUT2D eigenvalue weighted by Crippen LogP contribution is -2.04. The molecule has 136 valence electrons. The van der Waals surface area contributed by atoms with E-state index in [-0.39, 0.29) is 6.61 Å². The van der Waals surface area contributed by atoms with Gasteiger partial charge in [0.2, 0.25) is 0 Å². The Bertz CT molecular complexity index is 1120. The molecule has 0 fully saturated rings. The number of nitrogens with one attached hydrogen (secondary N) is 1. The molecule has 0 unspecified atom stereocenters. The van der Waals surface area contributed by atoms with Crippen LogP contribution in [0.5, 0.6) is 0 Å². The predicted octanol–water partition coefficient (Wildman–Crippen LogP) is 5.16. The fourth-order valence-electron chi connectivity index (χ4n) is 2.75. The first kappa shape index (κ1) is 18.1. The van der Waals surface area contributed by atoms with Gasteiger partial charge in [-0.3, -0.25) is 0 Å². The zero-order valence-electron chi connectivity index (χ0n) is 14.0. The largest absolute Gasteiger partial charge is 0.390 e. The number of anilines is 1. The van der Waals surface area contributed by atoms with Crippen molar-refractivity contribution in [2.24, 2.45) is 0 Å². The summed E-state index contributed by atoms with van der Waals surface area (Å²) in [6.45, 7) is 0.451. The molecule has 0 saturated heterocycles. The van der Waals surface area contributed by atoms with Gasteiger partial charge in [-0.2, -0.15) is 0 Å². The molecule has 2 N–H and O–H groups in total. The van der Waals surface area contributed by atoms with Crippen molar-refractivity contribution in [1.29, 1.82) is 0 Å². The molecule has 0 aliphatic heterocycles. The normalized spacial score (nSPS) is 11.1. The number of aliphatic hydroxyl groups is 1. The number of hydrogen-bond donors (Lipinski definition) is 2. The quantitative estimate of drug-likeness (QED) is 0.469. The van der Waals surface area contributed by atoms with Crippen LogP contribution in [0.1, 0.15) is 10.7 Å². The Morgan fingerprint density at radius 1 is 1.00 bits per heavy atom. The van der Waals surface area contributed by atoms with Gasteiger partial charge >= 0.3 is 0 Å². The minimum atomic E-state index is -0.0580. The van der Waals surface area contributed by atoms with Gasteiger partial charge in [-0.1, -0.05) is 53.5 Å². The van der Waals surface area contributed by atoms with E-state index in [4.69, 9.17) is 28.3 Å². The number of nitrogens with zero attached hydrogens (tertiary/aromatic N) is 3. The Hall–Kier alpha value is -2.25. The Kier molecular flexibility index (Phi) is 5.22. The maximum Gasteiger partial charge on any atom is 0.156 e. The molecule has 2 aromatic heterocycles. The summed E-state index contributed by atoms with van der Waals surface area (Å²) < 4.78 is 0. The average Bonchev–Trinajstić information content (AvgIpc) is 3.16. The Balaban J connectivity index is 1.70. The monoisotopic (exact) mass is 416 g/mol. The molecule has 8 heteroatoms. The molecule has 4 rings (SSSR count). The van der Waals surface area contributed by atoms with E-state index in [1.165, 1.54) is 11.3 Å². The third-order valence-corrected chi connectivity index (χ3v) is 5.69. The smallest absolute Gasteiger partial charge is 0.156 e. The molecule has 5 nitrogen and oxygen atoms in total. The molecule has 27 heavy (non-hydrogen) atoms. The van der Waals surface area contributed by atoms with Crippen molar-refractivity contribution < 1.29 is 5.11 Å². The highest BCUT2D eigenvalue weighted by atomic mass is 35.5. The fraction of sp³-hybridized carbons (Fsp3) is 0.105. The zero-order chi connectivity index (χ0) is 18.8. The van der Waals surface area contributed by atoms with E-state index in [1.807, 2.05) is 35.7 Å². The summed E-state index contributed by atoms with van der Waals surface area (Å²) in [6.07, 6.45) is 0. The molecule has 4 aromatic rings. The summed E-state index contributed by atoms with van der Waals surface area (Å²) in [5.74, 6) is 0.676. The van der Waals surface area contributed by atoms with Crippen LogP contribution < -0.4 is 5.32 Å². The van der Waals surface area contributed by atoms with Crippen LogP contribution in [-0.2, 0) is 13.2 Å². The van der Waals surface area contributed by atoms with Crippen molar-refractivity contribution in [2.75, 3.05) is 5.32 Å². The first-order chi connectivity index (χ1) is 13.2. The lowest BCUT2D eigenvalue weighted by atomic mass is 10.0. The lowest BCUT2D eigenvalue weighted by molar-refractivity contribution is 0.277. The number of thiazole rings is 1. The van der Waals surface area contributed by atoms with Crippen LogP contribution in [0.2, 0.25) is 10.0 Å². The predicted molar refractivity (Wildman–Crippen MR) is 110 cm³/mol.